The van der Waals surface area contributed by atoms with Crippen molar-refractivity contribution in [2.45, 2.75) is 24.6 Å². The summed E-state index contributed by atoms with van der Waals surface area (Å²) in [6, 6.07) is 12.5. The number of nitrogens with zero attached hydrogens (tertiary/aromatic N) is 2. The van der Waals surface area contributed by atoms with E-state index in [1.807, 2.05) is 36.1 Å². The number of halogens is 1. The quantitative estimate of drug-likeness (QED) is 0.689. The van der Waals surface area contributed by atoms with Crippen molar-refractivity contribution in [2.75, 3.05) is 23.5 Å². The SMILES string of the molecule is COc1ccccc1CC(=O)N=C1S[C@H]2CS(=O)(=O)C[C@H]2N1c1cc(Cl)ccc1C. The van der Waals surface area contributed by atoms with Crippen LogP contribution in [0.25, 0.3) is 0 Å². The third-order valence-electron chi connectivity index (χ3n) is 5.25. The summed E-state index contributed by atoms with van der Waals surface area (Å²) in [5.41, 5.74) is 2.48. The van der Waals surface area contributed by atoms with Gasteiger partial charge in [-0.05, 0) is 30.7 Å². The van der Waals surface area contributed by atoms with Crippen molar-refractivity contribution in [3.8, 4) is 5.75 Å². The Morgan fingerprint density at radius 3 is 2.80 bits per heavy atom. The minimum Gasteiger partial charge on any atom is -0.496 e. The van der Waals surface area contributed by atoms with Gasteiger partial charge in [-0.15, -0.1) is 0 Å². The first-order valence-electron chi connectivity index (χ1n) is 9.43. The first-order chi connectivity index (χ1) is 14.3. The summed E-state index contributed by atoms with van der Waals surface area (Å²) in [5, 5.41) is 0.904. The topological polar surface area (TPSA) is 76.0 Å². The van der Waals surface area contributed by atoms with E-state index in [0.717, 1.165) is 16.8 Å². The molecule has 0 saturated carbocycles. The molecule has 2 aromatic carbocycles. The van der Waals surface area contributed by atoms with Crippen LogP contribution in [-0.2, 0) is 21.1 Å². The molecule has 2 saturated heterocycles. The summed E-state index contributed by atoms with van der Waals surface area (Å²) in [4.78, 5) is 19.0. The second-order valence-corrected chi connectivity index (χ2v) is 11.2. The molecule has 30 heavy (non-hydrogen) atoms. The lowest BCUT2D eigenvalue weighted by atomic mass is 10.1. The lowest BCUT2D eigenvalue weighted by Crippen LogP contribution is -2.38. The number of fused-ring (bicyclic) bond motifs is 1. The smallest absolute Gasteiger partial charge is 0.252 e. The highest BCUT2D eigenvalue weighted by molar-refractivity contribution is 8.16. The number of hydrogen-bond donors (Lipinski definition) is 0. The molecule has 6 nitrogen and oxygen atoms in total. The van der Waals surface area contributed by atoms with Crippen LogP contribution in [0.3, 0.4) is 0 Å². The number of anilines is 1. The minimum atomic E-state index is -3.13. The number of amides is 1. The lowest BCUT2D eigenvalue weighted by molar-refractivity contribution is -0.117. The van der Waals surface area contributed by atoms with Gasteiger partial charge in [0.15, 0.2) is 15.0 Å². The molecule has 0 bridgehead atoms. The second kappa shape index (κ2) is 8.24. The number of carbonyl (C=O) groups is 1. The third kappa shape index (κ3) is 4.22. The number of aryl methyl sites for hydroxylation is 1. The number of hydrogen-bond acceptors (Lipinski definition) is 5. The predicted octanol–water partition coefficient (Wildman–Crippen LogP) is 3.50. The fraction of sp³-hybridized carbons (Fsp3) is 0.333. The van der Waals surface area contributed by atoms with Gasteiger partial charge in [0.1, 0.15) is 5.75 Å². The normalized spacial score (nSPS) is 23.6. The first kappa shape index (κ1) is 21.2. The Morgan fingerprint density at radius 1 is 1.27 bits per heavy atom. The fourth-order valence-electron chi connectivity index (χ4n) is 3.85. The van der Waals surface area contributed by atoms with Gasteiger partial charge < -0.3 is 9.64 Å². The maximum Gasteiger partial charge on any atom is 0.252 e. The maximum absolute atomic E-state index is 12.8. The molecule has 2 aliphatic rings. The summed E-state index contributed by atoms with van der Waals surface area (Å²) in [6.07, 6.45) is 0.101. The van der Waals surface area contributed by atoms with Crippen LogP contribution < -0.4 is 9.64 Å². The third-order valence-corrected chi connectivity index (χ3v) is 8.70. The monoisotopic (exact) mass is 464 g/mol. The largest absolute Gasteiger partial charge is 0.496 e. The van der Waals surface area contributed by atoms with E-state index in [1.54, 1.807) is 25.3 Å². The van der Waals surface area contributed by atoms with Gasteiger partial charge in [-0.2, -0.15) is 4.99 Å². The van der Waals surface area contributed by atoms with Gasteiger partial charge in [0.05, 0.1) is 31.1 Å². The lowest BCUT2D eigenvalue weighted by Gasteiger charge is -2.26. The van der Waals surface area contributed by atoms with Gasteiger partial charge in [-0.25, -0.2) is 8.42 Å². The first-order valence-corrected chi connectivity index (χ1v) is 12.5. The standard InChI is InChI=1S/C21H21ClN2O4S2/c1-13-7-8-15(22)10-16(13)24-17-11-30(26,27)12-19(17)29-21(24)23-20(25)9-14-5-3-4-6-18(14)28-2/h3-8,10,17,19H,9,11-12H2,1-2H3/t17-,19+/m1/s1. The number of ether oxygens (including phenoxy) is 1. The van der Waals surface area contributed by atoms with Crippen LogP contribution in [0.1, 0.15) is 11.1 Å². The molecule has 4 rings (SSSR count). The molecule has 2 fully saturated rings. The van der Waals surface area contributed by atoms with Gasteiger partial charge in [0.25, 0.3) is 5.91 Å². The second-order valence-electron chi connectivity index (χ2n) is 7.38. The molecule has 2 aliphatic heterocycles. The zero-order chi connectivity index (χ0) is 21.5. The highest BCUT2D eigenvalue weighted by Crippen LogP contribution is 2.42. The molecule has 0 spiro atoms. The molecular weight excluding hydrogens is 444 g/mol. The summed E-state index contributed by atoms with van der Waals surface area (Å²) >= 11 is 7.57. The zero-order valence-electron chi connectivity index (χ0n) is 16.5. The van der Waals surface area contributed by atoms with E-state index >= 15 is 0 Å². The summed E-state index contributed by atoms with van der Waals surface area (Å²) in [6.45, 7) is 1.93. The van der Waals surface area contributed by atoms with Crippen molar-refractivity contribution in [3.63, 3.8) is 0 Å². The molecule has 0 aromatic heterocycles. The van der Waals surface area contributed by atoms with Crippen LogP contribution in [0.4, 0.5) is 5.69 Å². The number of para-hydroxylation sites is 1. The average Bonchev–Trinajstić information content (AvgIpc) is 3.15. The number of rotatable bonds is 4. The van der Waals surface area contributed by atoms with Gasteiger partial charge in [0, 0.05) is 21.5 Å². The molecule has 2 atom stereocenters. The van der Waals surface area contributed by atoms with E-state index in [2.05, 4.69) is 4.99 Å². The predicted molar refractivity (Wildman–Crippen MR) is 122 cm³/mol. The Labute approximate surface area is 185 Å². The van der Waals surface area contributed by atoms with E-state index in [4.69, 9.17) is 16.3 Å². The van der Waals surface area contributed by atoms with Crippen LogP contribution >= 0.6 is 23.4 Å². The molecule has 2 aromatic rings. The summed E-state index contributed by atoms with van der Waals surface area (Å²) in [7, 11) is -1.57. The Balaban J connectivity index is 1.69. The van der Waals surface area contributed by atoms with Gasteiger partial charge in [-0.3, -0.25) is 4.79 Å². The van der Waals surface area contributed by atoms with E-state index in [-0.39, 0.29) is 35.1 Å². The van der Waals surface area contributed by atoms with Crippen molar-refractivity contribution < 1.29 is 17.9 Å². The van der Waals surface area contributed by atoms with Crippen LogP contribution in [0.15, 0.2) is 47.5 Å². The molecule has 0 aliphatic carbocycles. The molecule has 0 unspecified atom stereocenters. The van der Waals surface area contributed by atoms with Gasteiger partial charge >= 0.3 is 0 Å². The van der Waals surface area contributed by atoms with Crippen LogP contribution in [-0.4, -0.2) is 49.4 Å². The van der Waals surface area contributed by atoms with Gasteiger partial charge in [-0.1, -0.05) is 47.6 Å². The Bertz CT molecular complexity index is 1130. The van der Waals surface area contributed by atoms with Crippen LogP contribution in [0, 0.1) is 6.92 Å². The zero-order valence-corrected chi connectivity index (χ0v) is 18.9. The molecule has 158 valence electrons. The average molecular weight is 465 g/mol. The number of thioether (sulfide) groups is 1. The molecular formula is C21H21ClN2O4S2. The number of aliphatic imine (C=N–C) groups is 1. The van der Waals surface area contributed by atoms with E-state index in [9.17, 15) is 13.2 Å². The fourth-order valence-corrected chi connectivity index (χ4v) is 7.94. The van der Waals surface area contributed by atoms with Crippen LogP contribution in [0.2, 0.25) is 5.02 Å². The highest BCUT2D eigenvalue weighted by Gasteiger charge is 2.49. The number of amidine groups is 1. The molecule has 0 N–H and O–H groups in total. The molecule has 9 heteroatoms. The Hall–Kier alpha value is -2.03. The number of carbonyl (C=O) groups excluding carboxylic acids is 1. The molecule has 0 radical (unpaired) electrons. The summed E-state index contributed by atoms with van der Waals surface area (Å²) in [5.74, 6) is 0.444. The Morgan fingerprint density at radius 2 is 2.03 bits per heavy atom. The molecule has 1 amide bonds. The Kier molecular flexibility index (Phi) is 5.83. The van der Waals surface area contributed by atoms with Crippen molar-refractivity contribution in [2.24, 2.45) is 4.99 Å². The summed E-state index contributed by atoms with van der Waals surface area (Å²) < 4.78 is 29.8. The highest BCUT2D eigenvalue weighted by atomic mass is 35.5. The van der Waals surface area contributed by atoms with Gasteiger partial charge in [0.2, 0.25) is 0 Å². The van der Waals surface area contributed by atoms with E-state index < -0.39 is 9.84 Å². The van der Waals surface area contributed by atoms with Crippen LogP contribution in [0.5, 0.6) is 5.75 Å². The number of methoxy groups -OCH3 is 1. The van der Waals surface area contributed by atoms with E-state index in [0.29, 0.717) is 15.9 Å². The van der Waals surface area contributed by atoms with Crippen molar-refractivity contribution in [1.82, 2.24) is 0 Å². The van der Waals surface area contributed by atoms with Crippen molar-refractivity contribution in [1.29, 1.82) is 0 Å². The van der Waals surface area contributed by atoms with E-state index in [1.165, 1.54) is 11.8 Å². The van der Waals surface area contributed by atoms with Crippen molar-refractivity contribution >= 4 is 50.0 Å². The number of benzene rings is 2. The maximum atomic E-state index is 12.8. The number of sulfone groups is 1. The van der Waals surface area contributed by atoms with Crippen molar-refractivity contribution in [3.05, 3.63) is 58.6 Å². The minimum absolute atomic E-state index is 0.0380. The molecule has 2 heterocycles.